The van der Waals surface area contributed by atoms with Crippen LogP contribution in [0.4, 0.5) is 0 Å². The molecule has 2 fully saturated rings. The van der Waals surface area contributed by atoms with E-state index in [9.17, 15) is 9.90 Å². The van der Waals surface area contributed by atoms with Crippen LogP contribution in [0.3, 0.4) is 0 Å². The second-order valence-electron chi connectivity index (χ2n) is 7.51. The van der Waals surface area contributed by atoms with E-state index in [1.54, 1.807) is 13.2 Å². The normalized spacial score (nSPS) is 24.1. The van der Waals surface area contributed by atoms with E-state index in [1.807, 2.05) is 29.2 Å². The number of hydrogen-bond acceptors (Lipinski definition) is 5. The fraction of sp³-hybridized carbons (Fsp3) is 0.500. The number of aliphatic hydroxyl groups excluding tert-OH is 1. The number of carbonyl (C=O) groups is 1. The van der Waals surface area contributed by atoms with Gasteiger partial charge in [-0.25, -0.2) is 0 Å². The van der Waals surface area contributed by atoms with Crippen LogP contribution in [0.1, 0.15) is 35.4 Å². The van der Waals surface area contributed by atoms with Crippen molar-refractivity contribution in [2.75, 3.05) is 26.8 Å². The number of benzene rings is 1. The fourth-order valence-corrected chi connectivity index (χ4v) is 4.43. The standard InChI is InChI=1S/C20H25N3O4/c1-26-17-6-2-3-7-18(17)27-11-15-9-16(22-21-15)19(25)23-10-14-5-4-8-20(14,12-23)13-24/h2-3,6-7,9,14,24H,4-5,8,10-13H2,1H3,(H,21,22)/t14-,20+/m1/s1. The maximum Gasteiger partial charge on any atom is 0.274 e. The lowest BCUT2D eigenvalue weighted by Gasteiger charge is -2.25. The predicted octanol–water partition coefficient (Wildman–Crippen LogP) is 2.23. The summed E-state index contributed by atoms with van der Waals surface area (Å²) in [6, 6.07) is 9.15. The third kappa shape index (κ3) is 3.27. The summed E-state index contributed by atoms with van der Waals surface area (Å²) in [5, 5.41) is 16.9. The summed E-state index contributed by atoms with van der Waals surface area (Å²) >= 11 is 0. The van der Waals surface area contributed by atoms with Gasteiger partial charge in [-0.15, -0.1) is 0 Å². The molecule has 7 heteroatoms. The average Bonchev–Trinajstić information content (AvgIpc) is 3.40. The molecule has 0 spiro atoms. The van der Waals surface area contributed by atoms with Crippen molar-refractivity contribution in [2.24, 2.45) is 11.3 Å². The van der Waals surface area contributed by atoms with Crippen LogP contribution in [-0.4, -0.2) is 52.9 Å². The number of hydrogen-bond donors (Lipinski definition) is 2. The van der Waals surface area contributed by atoms with Gasteiger partial charge in [0.15, 0.2) is 17.2 Å². The number of likely N-dealkylation sites (tertiary alicyclic amines) is 1. The monoisotopic (exact) mass is 371 g/mol. The maximum atomic E-state index is 12.8. The van der Waals surface area contributed by atoms with Gasteiger partial charge >= 0.3 is 0 Å². The number of rotatable bonds is 6. The van der Waals surface area contributed by atoms with Gasteiger partial charge in [0.1, 0.15) is 6.61 Å². The van der Waals surface area contributed by atoms with Gasteiger partial charge in [0, 0.05) is 18.5 Å². The Morgan fingerprint density at radius 2 is 2.22 bits per heavy atom. The largest absolute Gasteiger partial charge is 0.493 e. The maximum absolute atomic E-state index is 12.8. The Labute approximate surface area is 158 Å². The Kier molecular flexibility index (Phi) is 4.78. The average molecular weight is 371 g/mol. The van der Waals surface area contributed by atoms with Crippen LogP contribution in [0.2, 0.25) is 0 Å². The van der Waals surface area contributed by atoms with Crippen molar-refractivity contribution in [3.8, 4) is 11.5 Å². The summed E-state index contributed by atoms with van der Waals surface area (Å²) in [5.74, 6) is 1.61. The summed E-state index contributed by atoms with van der Waals surface area (Å²) in [6.07, 6.45) is 3.22. The molecule has 0 bridgehead atoms. The third-order valence-electron chi connectivity index (χ3n) is 5.94. The van der Waals surface area contributed by atoms with Gasteiger partial charge in [-0.1, -0.05) is 18.6 Å². The summed E-state index contributed by atoms with van der Waals surface area (Å²) in [5.41, 5.74) is 1.00. The van der Waals surface area contributed by atoms with Crippen LogP contribution < -0.4 is 9.47 Å². The van der Waals surface area contributed by atoms with E-state index in [0.717, 1.165) is 25.0 Å². The molecule has 0 unspecified atom stereocenters. The van der Waals surface area contributed by atoms with Gasteiger partial charge in [-0.05, 0) is 37.0 Å². The first-order valence-electron chi connectivity index (χ1n) is 9.35. The molecule has 2 atom stereocenters. The number of aliphatic hydroxyl groups is 1. The highest BCUT2D eigenvalue weighted by molar-refractivity contribution is 5.92. The minimum absolute atomic E-state index is 0.0861. The fourth-order valence-electron chi connectivity index (χ4n) is 4.43. The first-order chi connectivity index (χ1) is 13.1. The molecular formula is C20H25N3O4. The van der Waals surface area contributed by atoms with Crippen LogP contribution in [-0.2, 0) is 6.61 Å². The molecule has 0 radical (unpaired) electrons. The van der Waals surface area contributed by atoms with Crippen LogP contribution in [0.15, 0.2) is 30.3 Å². The third-order valence-corrected chi connectivity index (χ3v) is 5.94. The Morgan fingerprint density at radius 3 is 2.96 bits per heavy atom. The quantitative estimate of drug-likeness (QED) is 0.813. The molecular weight excluding hydrogens is 346 g/mol. The van der Waals surface area contributed by atoms with Crippen molar-refractivity contribution >= 4 is 5.91 Å². The minimum atomic E-state index is -0.109. The number of nitrogens with one attached hydrogen (secondary N) is 1. The van der Waals surface area contributed by atoms with Crippen molar-refractivity contribution in [3.63, 3.8) is 0 Å². The molecule has 2 aliphatic rings. The molecule has 144 valence electrons. The number of fused-ring (bicyclic) bond motifs is 1. The van der Waals surface area contributed by atoms with E-state index >= 15 is 0 Å². The highest BCUT2D eigenvalue weighted by atomic mass is 16.5. The molecule has 2 aromatic rings. The SMILES string of the molecule is COc1ccccc1OCc1cc(C(=O)N2C[C@H]3CCC[C@@]3(CO)C2)n[nH]1. The van der Waals surface area contributed by atoms with Crippen molar-refractivity contribution in [2.45, 2.75) is 25.9 Å². The minimum Gasteiger partial charge on any atom is -0.493 e. The van der Waals surface area contributed by atoms with Crippen LogP contribution >= 0.6 is 0 Å². The predicted molar refractivity (Wildman–Crippen MR) is 98.7 cm³/mol. The summed E-state index contributed by atoms with van der Waals surface area (Å²) in [4.78, 5) is 14.7. The number of carbonyl (C=O) groups excluding carboxylic acids is 1. The van der Waals surface area contributed by atoms with Crippen LogP contribution in [0.5, 0.6) is 11.5 Å². The zero-order chi connectivity index (χ0) is 18.9. The zero-order valence-electron chi connectivity index (χ0n) is 15.5. The van der Waals surface area contributed by atoms with Crippen molar-refractivity contribution in [1.82, 2.24) is 15.1 Å². The lowest BCUT2D eigenvalue weighted by atomic mass is 9.82. The highest BCUT2D eigenvalue weighted by Crippen LogP contribution is 2.48. The van der Waals surface area contributed by atoms with Crippen molar-refractivity contribution < 1.29 is 19.4 Å². The number of amides is 1. The molecule has 1 saturated carbocycles. The molecule has 2 N–H and O–H groups in total. The molecule has 1 aliphatic carbocycles. The van der Waals surface area contributed by atoms with Crippen molar-refractivity contribution in [3.05, 3.63) is 41.7 Å². The van der Waals surface area contributed by atoms with Gasteiger partial charge in [0.2, 0.25) is 0 Å². The molecule has 7 nitrogen and oxygen atoms in total. The number of para-hydroxylation sites is 2. The summed E-state index contributed by atoms with van der Waals surface area (Å²) < 4.78 is 11.0. The van der Waals surface area contributed by atoms with E-state index in [1.165, 1.54) is 0 Å². The van der Waals surface area contributed by atoms with E-state index < -0.39 is 0 Å². The van der Waals surface area contributed by atoms with Gasteiger partial charge in [0.25, 0.3) is 5.91 Å². The van der Waals surface area contributed by atoms with Gasteiger partial charge in [-0.3, -0.25) is 9.89 Å². The van der Waals surface area contributed by atoms with Crippen LogP contribution in [0, 0.1) is 11.3 Å². The number of methoxy groups -OCH3 is 1. The smallest absolute Gasteiger partial charge is 0.274 e. The van der Waals surface area contributed by atoms with E-state index in [4.69, 9.17) is 9.47 Å². The number of aromatic nitrogens is 2. The molecule has 1 aromatic carbocycles. The molecule has 2 heterocycles. The molecule has 1 aromatic heterocycles. The van der Waals surface area contributed by atoms with Crippen molar-refractivity contribution in [1.29, 1.82) is 0 Å². The Morgan fingerprint density at radius 1 is 1.41 bits per heavy atom. The topological polar surface area (TPSA) is 87.7 Å². The van der Waals surface area contributed by atoms with E-state index in [2.05, 4.69) is 10.2 Å². The second-order valence-corrected chi connectivity index (χ2v) is 7.51. The lowest BCUT2D eigenvalue weighted by Crippen LogP contribution is -2.34. The Balaban J connectivity index is 1.40. The van der Waals surface area contributed by atoms with Gasteiger partial charge in [0.05, 0.1) is 19.4 Å². The summed E-state index contributed by atoms with van der Waals surface area (Å²) in [6.45, 7) is 1.75. The molecule has 1 amide bonds. The molecule has 27 heavy (non-hydrogen) atoms. The number of ether oxygens (including phenoxy) is 2. The number of nitrogens with zero attached hydrogens (tertiary/aromatic N) is 2. The Hall–Kier alpha value is -2.54. The lowest BCUT2D eigenvalue weighted by molar-refractivity contribution is 0.0729. The first-order valence-corrected chi connectivity index (χ1v) is 9.35. The number of H-pyrrole nitrogens is 1. The van der Waals surface area contributed by atoms with E-state index in [-0.39, 0.29) is 24.5 Å². The summed E-state index contributed by atoms with van der Waals surface area (Å²) in [7, 11) is 1.60. The van der Waals surface area contributed by atoms with Crippen LogP contribution in [0.25, 0.3) is 0 Å². The highest BCUT2D eigenvalue weighted by Gasteiger charge is 2.50. The second kappa shape index (κ2) is 7.23. The first kappa shape index (κ1) is 17.9. The zero-order valence-corrected chi connectivity index (χ0v) is 15.5. The Bertz CT molecular complexity index is 821. The molecule has 1 aliphatic heterocycles. The van der Waals surface area contributed by atoms with Gasteiger partial charge < -0.3 is 19.5 Å². The molecule has 4 rings (SSSR count). The van der Waals surface area contributed by atoms with E-state index in [0.29, 0.717) is 36.2 Å². The van der Waals surface area contributed by atoms with Gasteiger partial charge in [-0.2, -0.15) is 5.10 Å². The molecule has 1 saturated heterocycles. The number of aromatic amines is 1.